The number of hydrogen-bond acceptors (Lipinski definition) is 3. The molecular formula is C20H23NO2. The fourth-order valence-electron chi connectivity index (χ4n) is 2.53. The summed E-state index contributed by atoms with van der Waals surface area (Å²) in [6, 6.07) is 14.3. The Morgan fingerprint density at radius 3 is 2.57 bits per heavy atom. The van der Waals surface area contributed by atoms with Crippen molar-refractivity contribution in [1.29, 1.82) is 0 Å². The van der Waals surface area contributed by atoms with Crippen molar-refractivity contribution in [3.63, 3.8) is 0 Å². The molecule has 0 amide bonds. The van der Waals surface area contributed by atoms with Crippen molar-refractivity contribution < 1.29 is 9.53 Å². The lowest BCUT2D eigenvalue weighted by Gasteiger charge is -2.10. The molecule has 1 aromatic carbocycles. The number of pyridine rings is 1. The Balaban J connectivity index is 2.08. The first kappa shape index (κ1) is 16.9. The van der Waals surface area contributed by atoms with E-state index >= 15 is 0 Å². The molecule has 3 nitrogen and oxygen atoms in total. The standard InChI is InChI=1S/C20H23NO2/c1-16(20(22)23-2)9-6-7-13-19(17-10-4-3-5-11-17)18-12-8-14-21-15-18/h3-5,8,10-16H,6-7,9H2,1-2H3/b19-13+. The summed E-state index contributed by atoms with van der Waals surface area (Å²) in [5.74, 6) is -0.184. The van der Waals surface area contributed by atoms with Crippen molar-refractivity contribution in [2.75, 3.05) is 7.11 Å². The van der Waals surface area contributed by atoms with Gasteiger partial charge in [0.05, 0.1) is 13.0 Å². The predicted molar refractivity (Wildman–Crippen MR) is 92.8 cm³/mol. The van der Waals surface area contributed by atoms with Gasteiger partial charge in [-0.25, -0.2) is 0 Å². The SMILES string of the molecule is COC(=O)C(C)CCC/C=C(\c1ccccc1)c1cccnc1. The molecule has 2 rings (SSSR count). The highest BCUT2D eigenvalue weighted by Crippen LogP contribution is 2.24. The number of allylic oxidation sites excluding steroid dienone is 1. The molecule has 0 aliphatic heterocycles. The normalized spacial score (nSPS) is 12.7. The van der Waals surface area contributed by atoms with Crippen LogP contribution in [0.3, 0.4) is 0 Å². The largest absolute Gasteiger partial charge is 0.469 e. The Kier molecular flexibility index (Phi) is 6.55. The fraction of sp³-hybridized carbons (Fsp3) is 0.300. The molecule has 1 unspecified atom stereocenters. The number of benzene rings is 1. The molecule has 120 valence electrons. The van der Waals surface area contributed by atoms with Gasteiger partial charge in [-0.3, -0.25) is 9.78 Å². The van der Waals surface area contributed by atoms with Gasteiger partial charge in [-0.15, -0.1) is 0 Å². The zero-order valence-electron chi connectivity index (χ0n) is 13.7. The smallest absolute Gasteiger partial charge is 0.308 e. The van der Waals surface area contributed by atoms with Crippen molar-refractivity contribution in [3.05, 3.63) is 72.1 Å². The number of ether oxygens (including phenoxy) is 1. The quantitative estimate of drug-likeness (QED) is 0.558. The Bertz CT molecular complexity index is 594. The molecule has 0 saturated heterocycles. The lowest BCUT2D eigenvalue weighted by molar-refractivity contribution is -0.145. The maximum atomic E-state index is 11.4. The minimum atomic E-state index is -0.135. The van der Waals surface area contributed by atoms with Crippen molar-refractivity contribution >= 4 is 11.5 Å². The van der Waals surface area contributed by atoms with Crippen LogP contribution in [-0.2, 0) is 9.53 Å². The van der Waals surface area contributed by atoms with E-state index in [9.17, 15) is 4.79 Å². The number of esters is 1. The predicted octanol–water partition coefficient (Wildman–Crippen LogP) is 4.49. The summed E-state index contributed by atoms with van der Waals surface area (Å²) < 4.78 is 4.77. The number of unbranched alkanes of at least 4 members (excludes halogenated alkanes) is 1. The summed E-state index contributed by atoms with van der Waals surface area (Å²) in [6.45, 7) is 1.91. The van der Waals surface area contributed by atoms with E-state index < -0.39 is 0 Å². The fourth-order valence-corrected chi connectivity index (χ4v) is 2.53. The summed E-state index contributed by atoms with van der Waals surface area (Å²) in [5, 5.41) is 0. The first-order valence-electron chi connectivity index (χ1n) is 7.96. The molecule has 0 N–H and O–H groups in total. The van der Waals surface area contributed by atoms with Gasteiger partial charge in [-0.1, -0.05) is 49.4 Å². The summed E-state index contributed by atoms with van der Waals surface area (Å²) >= 11 is 0. The third-order valence-electron chi connectivity index (χ3n) is 3.85. The zero-order chi connectivity index (χ0) is 16.5. The molecule has 0 aliphatic carbocycles. The number of nitrogens with zero attached hydrogens (tertiary/aromatic N) is 1. The molecule has 23 heavy (non-hydrogen) atoms. The van der Waals surface area contributed by atoms with E-state index in [0.29, 0.717) is 0 Å². The highest BCUT2D eigenvalue weighted by molar-refractivity contribution is 5.79. The number of carbonyl (C=O) groups is 1. The first-order chi connectivity index (χ1) is 11.2. The van der Waals surface area contributed by atoms with Crippen LogP contribution in [0.15, 0.2) is 60.9 Å². The van der Waals surface area contributed by atoms with Crippen molar-refractivity contribution in [2.45, 2.75) is 26.2 Å². The topological polar surface area (TPSA) is 39.2 Å². The van der Waals surface area contributed by atoms with E-state index in [-0.39, 0.29) is 11.9 Å². The van der Waals surface area contributed by atoms with Crippen LogP contribution in [0.4, 0.5) is 0 Å². The van der Waals surface area contributed by atoms with Gasteiger partial charge in [-0.05, 0) is 36.5 Å². The van der Waals surface area contributed by atoms with Crippen LogP contribution in [0, 0.1) is 5.92 Å². The van der Waals surface area contributed by atoms with Crippen LogP contribution in [0.2, 0.25) is 0 Å². The summed E-state index contributed by atoms with van der Waals surface area (Å²) in [4.78, 5) is 15.7. The third-order valence-corrected chi connectivity index (χ3v) is 3.85. The summed E-state index contributed by atoms with van der Waals surface area (Å²) in [7, 11) is 1.44. The van der Waals surface area contributed by atoms with Crippen LogP contribution in [0.25, 0.3) is 5.57 Å². The number of aromatic nitrogens is 1. The number of hydrogen-bond donors (Lipinski definition) is 0. The Morgan fingerprint density at radius 1 is 1.17 bits per heavy atom. The maximum absolute atomic E-state index is 11.4. The lowest BCUT2D eigenvalue weighted by Crippen LogP contribution is -2.12. The first-order valence-corrected chi connectivity index (χ1v) is 7.96. The van der Waals surface area contributed by atoms with E-state index in [0.717, 1.165) is 24.8 Å². The highest BCUT2D eigenvalue weighted by Gasteiger charge is 2.12. The second-order valence-corrected chi connectivity index (χ2v) is 5.58. The molecule has 2 aromatic rings. The van der Waals surface area contributed by atoms with Crippen molar-refractivity contribution in [3.8, 4) is 0 Å². The minimum Gasteiger partial charge on any atom is -0.469 e. The van der Waals surface area contributed by atoms with Crippen LogP contribution >= 0.6 is 0 Å². The molecule has 0 fully saturated rings. The van der Waals surface area contributed by atoms with E-state index in [2.05, 4.69) is 29.3 Å². The Labute approximate surface area is 138 Å². The molecule has 0 saturated carbocycles. The lowest BCUT2D eigenvalue weighted by atomic mass is 9.96. The van der Waals surface area contributed by atoms with Crippen molar-refractivity contribution in [2.24, 2.45) is 5.92 Å². The second-order valence-electron chi connectivity index (χ2n) is 5.58. The number of methoxy groups -OCH3 is 1. The molecule has 3 heteroatoms. The molecule has 0 spiro atoms. The van der Waals surface area contributed by atoms with Gasteiger partial charge in [0.25, 0.3) is 0 Å². The molecule has 0 aliphatic rings. The average Bonchev–Trinajstić information content (AvgIpc) is 2.62. The van der Waals surface area contributed by atoms with Gasteiger partial charge in [0.2, 0.25) is 0 Å². The van der Waals surface area contributed by atoms with Gasteiger partial charge in [0.1, 0.15) is 0 Å². The molecule has 1 heterocycles. The van der Waals surface area contributed by atoms with Gasteiger partial charge in [0.15, 0.2) is 0 Å². The molecular weight excluding hydrogens is 286 g/mol. The second kappa shape index (κ2) is 8.89. The molecule has 0 bridgehead atoms. The van der Waals surface area contributed by atoms with E-state index in [4.69, 9.17) is 4.74 Å². The molecule has 0 radical (unpaired) electrons. The van der Waals surface area contributed by atoms with Gasteiger partial charge in [-0.2, -0.15) is 0 Å². The zero-order valence-corrected chi connectivity index (χ0v) is 13.7. The molecule has 1 aromatic heterocycles. The monoisotopic (exact) mass is 309 g/mol. The van der Waals surface area contributed by atoms with Crippen molar-refractivity contribution in [1.82, 2.24) is 4.98 Å². The third kappa shape index (κ3) is 5.06. The summed E-state index contributed by atoms with van der Waals surface area (Å²) in [6.07, 6.45) is 8.60. The van der Waals surface area contributed by atoms with E-state index in [1.54, 1.807) is 6.20 Å². The van der Waals surface area contributed by atoms with Crippen LogP contribution in [0.5, 0.6) is 0 Å². The summed E-state index contributed by atoms with van der Waals surface area (Å²) in [5.41, 5.74) is 3.48. The minimum absolute atomic E-state index is 0.0491. The van der Waals surface area contributed by atoms with Crippen LogP contribution in [-0.4, -0.2) is 18.1 Å². The van der Waals surface area contributed by atoms with Crippen LogP contribution < -0.4 is 0 Å². The van der Waals surface area contributed by atoms with E-state index in [1.807, 2.05) is 37.4 Å². The van der Waals surface area contributed by atoms with Gasteiger partial charge < -0.3 is 4.74 Å². The highest BCUT2D eigenvalue weighted by atomic mass is 16.5. The number of rotatable bonds is 7. The van der Waals surface area contributed by atoms with E-state index in [1.165, 1.54) is 18.2 Å². The molecule has 1 atom stereocenters. The average molecular weight is 309 g/mol. The Morgan fingerprint density at radius 2 is 1.91 bits per heavy atom. The maximum Gasteiger partial charge on any atom is 0.308 e. The number of carbonyl (C=O) groups excluding carboxylic acids is 1. The van der Waals surface area contributed by atoms with Crippen LogP contribution in [0.1, 0.15) is 37.3 Å². The van der Waals surface area contributed by atoms with Gasteiger partial charge in [0, 0.05) is 18.0 Å². The van der Waals surface area contributed by atoms with Gasteiger partial charge >= 0.3 is 5.97 Å². The Hall–Kier alpha value is -2.42.